The molecule has 1 aromatic carbocycles. The highest BCUT2D eigenvalue weighted by Gasteiger charge is 2.32. The van der Waals surface area contributed by atoms with Crippen LogP contribution in [0.25, 0.3) is 0 Å². The number of primary amides is 1. The number of carbonyl (C=O) groups is 1. The molecule has 0 radical (unpaired) electrons. The fourth-order valence-electron chi connectivity index (χ4n) is 3.99. The monoisotopic (exact) mass is 316 g/mol. The zero-order valence-electron chi connectivity index (χ0n) is 14.0. The molecule has 2 N–H and O–H groups in total. The Morgan fingerprint density at radius 3 is 2.43 bits per heavy atom. The molecule has 2 aliphatic rings. The van der Waals surface area contributed by atoms with Gasteiger partial charge in [0.1, 0.15) is 6.04 Å². The van der Waals surface area contributed by atoms with E-state index in [1.807, 2.05) is 30.3 Å². The van der Waals surface area contributed by atoms with Crippen LogP contribution in [-0.2, 0) is 4.79 Å². The number of piperidine rings is 1. The van der Waals surface area contributed by atoms with Crippen LogP contribution in [0, 0.1) is 0 Å². The van der Waals surface area contributed by atoms with Crippen LogP contribution in [0.3, 0.4) is 0 Å². The van der Waals surface area contributed by atoms with Gasteiger partial charge in [0, 0.05) is 38.8 Å². The standard InChI is InChI=1S/C18H28N4O/c1-20-9-5-8-16(14-20)21-10-12-22(13-11-21)17(18(19)23)15-6-3-2-4-7-15/h2-4,6-7,16-17H,5,8-14H2,1H3,(H2,19,23). The van der Waals surface area contributed by atoms with Gasteiger partial charge in [0.15, 0.2) is 0 Å². The summed E-state index contributed by atoms with van der Waals surface area (Å²) in [5.41, 5.74) is 6.70. The number of amides is 1. The number of piperazine rings is 1. The summed E-state index contributed by atoms with van der Waals surface area (Å²) in [4.78, 5) is 19.2. The minimum atomic E-state index is -0.299. The van der Waals surface area contributed by atoms with Gasteiger partial charge in [0.05, 0.1) is 0 Å². The van der Waals surface area contributed by atoms with Crippen molar-refractivity contribution in [3.63, 3.8) is 0 Å². The van der Waals surface area contributed by atoms with E-state index in [2.05, 4.69) is 21.7 Å². The van der Waals surface area contributed by atoms with Crippen molar-refractivity contribution in [2.45, 2.75) is 24.9 Å². The van der Waals surface area contributed by atoms with Gasteiger partial charge in [0.2, 0.25) is 5.91 Å². The molecule has 2 fully saturated rings. The molecule has 2 unspecified atom stereocenters. The molecule has 0 aliphatic carbocycles. The Morgan fingerprint density at radius 2 is 1.83 bits per heavy atom. The predicted molar refractivity (Wildman–Crippen MR) is 92.0 cm³/mol. The molecule has 1 amide bonds. The van der Waals surface area contributed by atoms with E-state index >= 15 is 0 Å². The smallest absolute Gasteiger partial charge is 0.239 e. The maximum absolute atomic E-state index is 12.0. The van der Waals surface area contributed by atoms with Gasteiger partial charge in [-0.2, -0.15) is 0 Å². The van der Waals surface area contributed by atoms with Crippen LogP contribution in [0.4, 0.5) is 0 Å². The van der Waals surface area contributed by atoms with Gasteiger partial charge in [-0.25, -0.2) is 0 Å². The largest absolute Gasteiger partial charge is 0.368 e. The Balaban J connectivity index is 1.62. The van der Waals surface area contributed by atoms with Crippen molar-refractivity contribution in [2.24, 2.45) is 5.73 Å². The minimum Gasteiger partial charge on any atom is -0.368 e. The van der Waals surface area contributed by atoms with Crippen LogP contribution in [0.2, 0.25) is 0 Å². The topological polar surface area (TPSA) is 52.8 Å². The second-order valence-electron chi connectivity index (χ2n) is 6.85. The molecular weight excluding hydrogens is 288 g/mol. The lowest BCUT2D eigenvalue weighted by Crippen LogP contribution is -2.56. The minimum absolute atomic E-state index is 0.248. The van der Waals surface area contributed by atoms with Gasteiger partial charge in [-0.05, 0) is 32.0 Å². The Bertz CT molecular complexity index is 513. The van der Waals surface area contributed by atoms with Gasteiger partial charge in [-0.3, -0.25) is 14.6 Å². The summed E-state index contributed by atoms with van der Waals surface area (Å²) in [5, 5.41) is 0. The maximum atomic E-state index is 12.0. The first kappa shape index (κ1) is 16.4. The van der Waals surface area contributed by atoms with Crippen LogP contribution >= 0.6 is 0 Å². The van der Waals surface area contributed by atoms with E-state index in [1.165, 1.54) is 19.4 Å². The summed E-state index contributed by atoms with van der Waals surface area (Å²) in [6.07, 6.45) is 2.58. The number of hydrogen-bond donors (Lipinski definition) is 1. The summed E-state index contributed by atoms with van der Waals surface area (Å²) < 4.78 is 0. The summed E-state index contributed by atoms with van der Waals surface area (Å²) in [6, 6.07) is 10.3. The average Bonchev–Trinajstić information content (AvgIpc) is 2.56. The second kappa shape index (κ2) is 7.43. The zero-order chi connectivity index (χ0) is 16.2. The second-order valence-corrected chi connectivity index (χ2v) is 6.85. The molecule has 2 saturated heterocycles. The molecule has 2 heterocycles. The van der Waals surface area contributed by atoms with Crippen molar-refractivity contribution in [3.05, 3.63) is 35.9 Å². The van der Waals surface area contributed by atoms with E-state index in [0.29, 0.717) is 6.04 Å². The summed E-state index contributed by atoms with van der Waals surface area (Å²) in [6.45, 7) is 6.24. The van der Waals surface area contributed by atoms with Crippen LogP contribution in [-0.4, -0.2) is 73.0 Å². The van der Waals surface area contributed by atoms with Crippen molar-refractivity contribution in [3.8, 4) is 0 Å². The Morgan fingerprint density at radius 1 is 1.13 bits per heavy atom. The molecule has 3 rings (SSSR count). The lowest BCUT2D eigenvalue weighted by molar-refractivity contribution is -0.124. The van der Waals surface area contributed by atoms with Gasteiger partial charge in [-0.1, -0.05) is 30.3 Å². The lowest BCUT2D eigenvalue weighted by Gasteiger charge is -2.44. The van der Waals surface area contributed by atoms with Crippen LogP contribution in [0.5, 0.6) is 0 Å². The quantitative estimate of drug-likeness (QED) is 0.898. The molecule has 5 heteroatoms. The fraction of sp³-hybridized carbons (Fsp3) is 0.611. The molecule has 126 valence electrons. The third kappa shape index (κ3) is 3.91. The number of carbonyl (C=O) groups excluding carboxylic acids is 1. The third-order valence-electron chi connectivity index (χ3n) is 5.21. The summed E-state index contributed by atoms with van der Waals surface area (Å²) in [7, 11) is 2.21. The highest BCUT2D eigenvalue weighted by molar-refractivity contribution is 5.81. The lowest BCUT2D eigenvalue weighted by atomic mass is 10.0. The molecule has 2 atom stereocenters. The molecule has 0 saturated carbocycles. The first-order valence-electron chi connectivity index (χ1n) is 8.66. The molecule has 0 bridgehead atoms. The van der Waals surface area contributed by atoms with Crippen LogP contribution in [0.15, 0.2) is 30.3 Å². The average molecular weight is 316 g/mol. The van der Waals surface area contributed by atoms with Gasteiger partial charge >= 0.3 is 0 Å². The Labute approximate surface area is 139 Å². The van der Waals surface area contributed by atoms with E-state index in [9.17, 15) is 4.79 Å². The highest BCUT2D eigenvalue weighted by Crippen LogP contribution is 2.24. The normalized spacial score (nSPS) is 26.0. The highest BCUT2D eigenvalue weighted by atomic mass is 16.1. The number of likely N-dealkylation sites (N-methyl/N-ethyl adjacent to an activating group) is 1. The number of nitrogens with two attached hydrogens (primary N) is 1. The van der Waals surface area contributed by atoms with E-state index in [0.717, 1.165) is 38.3 Å². The zero-order valence-corrected chi connectivity index (χ0v) is 14.0. The van der Waals surface area contributed by atoms with E-state index in [4.69, 9.17) is 5.73 Å². The molecule has 5 nitrogen and oxygen atoms in total. The molecule has 23 heavy (non-hydrogen) atoms. The maximum Gasteiger partial charge on any atom is 0.239 e. The van der Waals surface area contributed by atoms with Gasteiger partial charge in [0.25, 0.3) is 0 Å². The molecule has 2 aliphatic heterocycles. The van der Waals surface area contributed by atoms with E-state index in [-0.39, 0.29) is 11.9 Å². The Kier molecular flexibility index (Phi) is 5.30. The molecular formula is C18H28N4O. The van der Waals surface area contributed by atoms with Gasteiger partial charge < -0.3 is 10.6 Å². The SMILES string of the molecule is CN1CCCC(N2CCN(C(C(N)=O)c3ccccc3)CC2)C1. The van der Waals surface area contributed by atoms with E-state index < -0.39 is 0 Å². The summed E-state index contributed by atoms with van der Waals surface area (Å²) >= 11 is 0. The molecule has 1 aromatic rings. The predicted octanol–water partition coefficient (Wildman–Crippen LogP) is 0.925. The van der Waals surface area contributed by atoms with E-state index in [1.54, 1.807) is 0 Å². The fourth-order valence-corrected chi connectivity index (χ4v) is 3.99. The first-order chi connectivity index (χ1) is 11.1. The van der Waals surface area contributed by atoms with Crippen LogP contribution in [0.1, 0.15) is 24.4 Å². The number of hydrogen-bond acceptors (Lipinski definition) is 4. The number of benzene rings is 1. The number of nitrogens with zero attached hydrogens (tertiary/aromatic N) is 3. The van der Waals surface area contributed by atoms with Crippen molar-refractivity contribution >= 4 is 5.91 Å². The van der Waals surface area contributed by atoms with Crippen LogP contribution < -0.4 is 5.73 Å². The van der Waals surface area contributed by atoms with Crippen molar-refractivity contribution in [2.75, 3.05) is 46.3 Å². The van der Waals surface area contributed by atoms with Crippen molar-refractivity contribution < 1.29 is 4.79 Å². The molecule has 0 spiro atoms. The Hall–Kier alpha value is -1.43. The first-order valence-corrected chi connectivity index (χ1v) is 8.66. The number of rotatable bonds is 4. The summed E-state index contributed by atoms with van der Waals surface area (Å²) in [5.74, 6) is -0.248. The van der Waals surface area contributed by atoms with Gasteiger partial charge in [-0.15, -0.1) is 0 Å². The molecule has 0 aromatic heterocycles. The third-order valence-corrected chi connectivity index (χ3v) is 5.21. The van der Waals surface area contributed by atoms with Crippen molar-refractivity contribution in [1.82, 2.24) is 14.7 Å². The number of likely N-dealkylation sites (tertiary alicyclic amines) is 1. The van der Waals surface area contributed by atoms with Crippen molar-refractivity contribution in [1.29, 1.82) is 0 Å².